The van der Waals surface area contributed by atoms with Crippen LogP contribution in [0, 0.1) is 0 Å². The van der Waals surface area contributed by atoms with Crippen molar-refractivity contribution in [1.29, 1.82) is 0 Å². The van der Waals surface area contributed by atoms with Gasteiger partial charge in [0.15, 0.2) is 0 Å². The second-order valence-electron chi connectivity index (χ2n) is 28.0. The summed E-state index contributed by atoms with van der Waals surface area (Å²) < 4.78 is 5.78. The predicted molar refractivity (Wildman–Crippen MR) is 438 cm³/mol. The third kappa shape index (κ3) is 69.4. The number of unbranched alkanes of at least 4 members (excludes halogenated alkanes) is 22. The molecule has 0 bridgehead atoms. The number of aliphatic hydroxyl groups excluding tert-OH is 4. The molecule has 4 unspecified atom stereocenters. The zero-order chi connectivity index (χ0) is 71.5. The van der Waals surface area contributed by atoms with Crippen molar-refractivity contribution in [2.75, 3.05) is 96.6 Å². The lowest BCUT2D eigenvalue weighted by Gasteiger charge is -2.34. The van der Waals surface area contributed by atoms with Crippen LogP contribution in [0.15, 0.2) is 122 Å². The van der Waals surface area contributed by atoms with E-state index in [9.17, 15) is 25.2 Å². The highest BCUT2D eigenvalue weighted by atomic mass is 33.1. The van der Waals surface area contributed by atoms with Crippen LogP contribution in [0.25, 0.3) is 0 Å². The van der Waals surface area contributed by atoms with E-state index in [1.54, 1.807) is 0 Å². The minimum absolute atomic E-state index is 0.160. The van der Waals surface area contributed by atoms with Gasteiger partial charge in [-0.3, -0.25) is 24.4 Å². The molecule has 1 saturated heterocycles. The van der Waals surface area contributed by atoms with Crippen LogP contribution in [0.1, 0.15) is 304 Å². The van der Waals surface area contributed by atoms with Gasteiger partial charge in [0.05, 0.1) is 24.4 Å². The van der Waals surface area contributed by atoms with Crippen molar-refractivity contribution in [3.8, 4) is 0 Å². The lowest BCUT2D eigenvalue weighted by atomic mass is 10.1. The number of nitrogens with zero attached hydrogens (tertiary/aromatic N) is 4. The lowest BCUT2D eigenvalue weighted by Crippen LogP contribution is -2.47. The Balaban J connectivity index is 2.50. The molecule has 1 rings (SSSR count). The minimum Gasteiger partial charge on any atom is -0.464 e. The number of hydrogen-bond donors (Lipinski definition) is 4. The van der Waals surface area contributed by atoms with Crippen LogP contribution in [0.3, 0.4) is 0 Å². The second-order valence-corrected chi connectivity index (χ2v) is 30.7. The number of aliphatic hydroxyl groups is 4. The van der Waals surface area contributed by atoms with Gasteiger partial charge in [-0.05, 0) is 180 Å². The van der Waals surface area contributed by atoms with Gasteiger partial charge in [0, 0.05) is 83.4 Å². The summed E-state index contributed by atoms with van der Waals surface area (Å²) >= 11 is 0. The van der Waals surface area contributed by atoms with Gasteiger partial charge in [0.1, 0.15) is 6.61 Å². The average Bonchev–Trinajstić information content (AvgIpc) is 2.50. The van der Waals surface area contributed by atoms with Crippen molar-refractivity contribution in [1.82, 2.24) is 19.6 Å². The number of esters is 1. The molecule has 0 radical (unpaired) electrons. The molecule has 4 N–H and O–H groups in total. The van der Waals surface area contributed by atoms with E-state index in [0.717, 1.165) is 218 Å². The third-order valence-corrected chi connectivity index (χ3v) is 21.0. The fourth-order valence-corrected chi connectivity index (χ4v) is 14.5. The molecule has 0 spiro atoms. The molecule has 4 atom stereocenters. The van der Waals surface area contributed by atoms with E-state index in [0.29, 0.717) is 52.2 Å². The molecule has 1 heterocycles. The SMILES string of the molecule is CC/C=C\C/C=C\C/C=C\CCCCCCC(O)CN(CCCSSCCN1CCN(CCOC(=O)CCCN(CC(O)CCCCCC/C=C\C/C=C\CCCCC)CC(O)CCCCCC/C=C\C/C=C\CCCCC)CC1)CC(O)CCCCCC/C=C\C/C=C\C/C=C\CC. The number of rotatable bonds is 73. The number of carbonyl (C=O) groups is 1. The van der Waals surface area contributed by atoms with Crippen LogP contribution in [0.4, 0.5) is 0 Å². The summed E-state index contributed by atoms with van der Waals surface area (Å²) in [6.45, 7) is 19.0. The highest BCUT2D eigenvalue weighted by Gasteiger charge is 2.20. The number of hydrogen-bond acceptors (Lipinski definition) is 12. The Bertz CT molecular complexity index is 1920. The molecule has 99 heavy (non-hydrogen) atoms. The van der Waals surface area contributed by atoms with Gasteiger partial charge in [0.25, 0.3) is 0 Å². The fraction of sp³-hybridized carbons (Fsp3) is 0.759. The number of piperazine rings is 1. The molecule has 0 aliphatic carbocycles. The lowest BCUT2D eigenvalue weighted by molar-refractivity contribution is -0.144. The normalized spacial score (nSPS) is 15.3. The molecule has 10 nitrogen and oxygen atoms in total. The molecule has 0 saturated carbocycles. The van der Waals surface area contributed by atoms with Crippen molar-refractivity contribution in [2.24, 2.45) is 0 Å². The second kappa shape index (κ2) is 76.4. The summed E-state index contributed by atoms with van der Waals surface area (Å²) in [5.41, 5.74) is 0. The summed E-state index contributed by atoms with van der Waals surface area (Å²) in [6.07, 6.45) is 90.2. The first-order chi connectivity index (χ1) is 48.7. The van der Waals surface area contributed by atoms with Gasteiger partial charge in [0.2, 0.25) is 0 Å². The van der Waals surface area contributed by atoms with Crippen LogP contribution >= 0.6 is 21.6 Å². The average molecular weight is 1420 g/mol. The molecule has 0 aromatic rings. The van der Waals surface area contributed by atoms with E-state index < -0.39 is 12.2 Å². The number of carbonyl (C=O) groups excluding carboxylic acids is 1. The molecule has 12 heteroatoms. The number of ether oxygens (including phenoxy) is 1. The minimum atomic E-state index is -0.446. The van der Waals surface area contributed by atoms with Crippen molar-refractivity contribution in [2.45, 2.75) is 328 Å². The Kier molecular flexibility index (Phi) is 72.7. The molecule has 0 aromatic carbocycles. The van der Waals surface area contributed by atoms with Crippen LogP contribution in [-0.2, 0) is 9.53 Å². The third-order valence-electron chi connectivity index (χ3n) is 18.5. The van der Waals surface area contributed by atoms with Crippen LogP contribution < -0.4 is 0 Å². The Morgan fingerprint density at radius 3 is 0.990 bits per heavy atom. The van der Waals surface area contributed by atoms with Gasteiger partial charge < -0.3 is 25.2 Å². The van der Waals surface area contributed by atoms with Gasteiger partial charge >= 0.3 is 5.97 Å². The van der Waals surface area contributed by atoms with Crippen molar-refractivity contribution in [3.05, 3.63) is 122 Å². The Morgan fingerprint density at radius 2 is 0.646 bits per heavy atom. The maximum absolute atomic E-state index is 13.0. The molecule has 1 aliphatic heterocycles. The zero-order valence-electron chi connectivity index (χ0n) is 64.6. The summed E-state index contributed by atoms with van der Waals surface area (Å²) in [6, 6.07) is 0. The zero-order valence-corrected chi connectivity index (χ0v) is 66.2. The van der Waals surface area contributed by atoms with E-state index in [2.05, 4.69) is 169 Å². The first-order valence-electron chi connectivity index (χ1n) is 41.2. The van der Waals surface area contributed by atoms with Crippen LogP contribution in [-0.4, -0.2) is 167 Å². The Labute approximate surface area is 619 Å². The van der Waals surface area contributed by atoms with E-state index in [-0.39, 0.29) is 18.2 Å². The molecule has 0 aromatic heterocycles. The maximum atomic E-state index is 13.0. The van der Waals surface area contributed by atoms with Gasteiger partial charge in [-0.25, -0.2) is 0 Å². The van der Waals surface area contributed by atoms with Gasteiger partial charge in [-0.2, -0.15) is 0 Å². The molecule has 572 valence electrons. The van der Waals surface area contributed by atoms with Gasteiger partial charge in [-0.1, -0.05) is 274 Å². The topological polar surface area (TPSA) is 120 Å². The van der Waals surface area contributed by atoms with Gasteiger partial charge in [-0.15, -0.1) is 0 Å². The van der Waals surface area contributed by atoms with E-state index in [1.807, 2.05) is 21.6 Å². The first-order valence-corrected chi connectivity index (χ1v) is 43.7. The Morgan fingerprint density at radius 1 is 0.354 bits per heavy atom. The van der Waals surface area contributed by atoms with Crippen molar-refractivity contribution in [3.63, 3.8) is 0 Å². The Hall–Kier alpha value is -2.75. The molecular formula is C87H156N4O6S2. The molecular weight excluding hydrogens is 1260 g/mol. The van der Waals surface area contributed by atoms with Crippen LogP contribution in [0.5, 0.6) is 0 Å². The molecule has 1 aliphatic rings. The highest BCUT2D eigenvalue weighted by Crippen LogP contribution is 2.23. The van der Waals surface area contributed by atoms with Crippen molar-refractivity contribution < 1.29 is 30.0 Å². The smallest absolute Gasteiger partial charge is 0.305 e. The van der Waals surface area contributed by atoms with E-state index in [1.165, 1.54) is 103 Å². The highest BCUT2D eigenvalue weighted by molar-refractivity contribution is 8.76. The summed E-state index contributed by atoms with van der Waals surface area (Å²) in [5, 5.41) is 44.8. The predicted octanol–water partition coefficient (Wildman–Crippen LogP) is 22.0. The van der Waals surface area contributed by atoms with E-state index >= 15 is 0 Å². The van der Waals surface area contributed by atoms with Crippen molar-refractivity contribution >= 4 is 27.6 Å². The molecule has 0 amide bonds. The van der Waals surface area contributed by atoms with Crippen LogP contribution in [0.2, 0.25) is 0 Å². The summed E-state index contributed by atoms with van der Waals surface area (Å²) in [5.74, 6) is 1.98. The maximum Gasteiger partial charge on any atom is 0.305 e. The first kappa shape index (κ1) is 94.3. The number of allylic oxidation sites excluding steroid dienone is 20. The summed E-state index contributed by atoms with van der Waals surface area (Å²) in [7, 11) is 3.92. The summed E-state index contributed by atoms with van der Waals surface area (Å²) in [4.78, 5) is 22.5. The standard InChI is InChI=1S/C87H156N4O6S2/c1-5-9-13-17-21-25-29-33-37-41-45-49-53-57-63-83(92)79-90(80-84(93)64-58-54-50-46-42-38-34-30-26-22-18-14-10-6-2)68-61-67-87(96)97-76-74-88-70-72-89(73-71-88)75-78-99-98-77-62-69-91(81-85(94)65-59-55-51-47-43-39-35-31-27-23-19-15-11-7-3)82-86(95)66-60-56-52-48-44-40-36-32-28-24-20-16-12-8-4/h11-12,15-16,21-28,33-40,83-86,92-95H,5-10,13-14,17-20,29-32,41-82H2,1-4H3/b15-11-,16-12-,25-21-,26-22-,27-23-,28-24-,37-33-,38-34-,39-35-,40-36-. The molecule has 1 fully saturated rings. The van der Waals surface area contributed by atoms with E-state index in [4.69, 9.17) is 4.74 Å². The largest absolute Gasteiger partial charge is 0.464 e. The monoisotopic (exact) mass is 1420 g/mol. The fourth-order valence-electron chi connectivity index (χ4n) is 12.4. The quantitative estimate of drug-likeness (QED) is 0.0201.